The summed E-state index contributed by atoms with van der Waals surface area (Å²) in [6, 6.07) is 16.2. The zero-order chi connectivity index (χ0) is 17.3. The molecule has 0 fully saturated rings. The van der Waals surface area contributed by atoms with Crippen molar-refractivity contribution in [2.75, 3.05) is 0 Å². The lowest BCUT2D eigenvalue weighted by Crippen LogP contribution is -2.21. The van der Waals surface area contributed by atoms with Gasteiger partial charge in [0.15, 0.2) is 0 Å². The summed E-state index contributed by atoms with van der Waals surface area (Å²) in [4.78, 5) is 16.9. The highest BCUT2D eigenvalue weighted by atomic mass is 16.1. The van der Waals surface area contributed by atoms with Crippen molar-refractivity contribution < 1.29 is 0 Å². The van der Waals surface area contributed by atoms with Gasteiger partial charge in [0.25, 0.3) is 5.56 Å². The fourth-order valence-corrected chi connectivity index (χ4v) is 3.12. The summed E-state index contributed by atoms with van der Waals surface area (Å²) in [7, 11) is 0. The first-order valence-corrected chi connectivity index (χ1v) is 8.28. The van der Waals surface area contributed by atoms with Crippen LogP contribution in [0.25, 0.3) is 16.8 Å². The molecule has 0 saturated carbocycles. The van der Waals surface area contributed by atoms with E-state index in [-0.39, 0.29) is 5.56 Å². The lowest BCUT2D eigenvalue weighted by Gasteiger charge is -2.19. The Hall–Kier alpha value is -2.68. The van der Waals surface area contributed by atoms with Gasteiger partial charge in [-0.3, -0.25) is 4.79 Å². The summed E-state index contributed by atoms with van der Waals surface area (Å²) in [5, 5.41) is 0. The van der Waals surface area contributed by atoms with Crippen molar-refractivity contribution in [3.63, 3.8) is 0 Å². The van der Waals surface area contributed by atoms with Crippen LogP contribution in [-0.4, -0.2) is 9.55 Å². The van der Waals surface area contributed by atoms with Crippen molar-refractivity contribution in [1.82, 2.24) is 9.55 Å². The maximum atomic E-state index is 12.6. The molecule has 0 radical (unpaired) electrons. The van der Waals surface area contributed by atoms with E-state index in [4.69, 9.17) is 0 Å². The molecule has 24 heavy (non-hydrogen) atoms. The van der Waals surface area contributed by atoms with E-state index in [1.165, 1.54) is 11.1 Å². The molecular weight excluding hydrogens is 296 g/mol. The average molecular weight is 318 g/mol. The van der Waals surface area contributed by atoms with E-state index < -0.39 is 0 Å². The van der Waals surface area contributed by atoms with Crippen LogP contribution >= 0.6 is 0 Å². The topological polar surface area (TPSA) is 34.9 Å². The smallest absolute Gasteiger partial charge is 0.281 e. The first-order valence-electron chi connectivity index (χ1n) is 8.28. The summed E-state index contributed by atoms with van der Waals surface area (Å²) in [5.41, 5.74) is 6.00. The third kappa shape index (κ3) is 2.78. The van der Waals surface area contributed by atoms with Gasteiger partial charge in [0.2, 0.25) is 0 Å². The van der Waals surface area contributed by atoms with Crippen LogP contribution in [0.4, 0.5) is 0 Å². The SMILES string of the molecule is CCc1c(-c2ccccc2)c(=O)nc(C)n1-c1ccc(C)c(C)c1. The fraction of sp³-hybridized carbons (Fsp3) is 0.238. The molecule has 1 heterocycles. The molecular formula is C21H22N2O. The molecule has 0 aliphatic carbocycles. The Balaban J connectivity index is 2.34. The number of rotatable bonds is 3. The van der Waals surface area contributed by atoms with Gasteiger partial charge in [-0.25, -0.2) is 0 Å². The second-order valence-corrected chi connectivity index (χ2v) is 6.11. The molecule has 3 nitrogen and oxygen atoms in total. The molecule has 0 atom stereocenters. The van der Waals surface area contributed by atoms with E-state index >= 15 is 0 Å². The highest BCUT2D eigenvalue weighted by molar-refractivity contribution is 5.66. The minimum Gasteiger partial charge on any atom is -0.302 e. The maximum Gasteiger partial charge on any atom is 0.281 e. The molecule has 3 aromatic rings. The van der Waals surface area contributed by atoms with E-state index in [9.17, 15) is 4.79 Å². The van der Waals surface area contributed by atoms with Gasteiger partial charge < -0.3 is 4.57 Å². The number of aromatic nitrogens is 2. The number of hydrogen-bond donors (Lipinski definition) is 0. The normalized spacial score (nSPS) is 10.8. The zero-order valence-electron chi connectivity index (χ0n) is 14.6. The molecule has 0 spiro atoms. The second-order valence-electron chi connectivity index (χ2n) is 6.11. The molecule has 3 heteroatoms. The highest BCUT2D eigenvalue weighted by Crippen LogP contribution is 2.24. The van der Waals surface area contributed by atoms with Crippen molar-refractivity contribution in [2.24, 2.45) is 0 Å². The van der Waals surface area contributed by atoms with E-state index in [0.29, 0.717) is 5.56 Å². The number of hydrogen-bond acceptors (Lipinski definition) is 2. The summed E-state index contributed by atoms with van der Waals surface area (Å²) in [5.74, 6) is 0.722. The van der Waals surface area contributed by atoms with Gasteiger partial charge in [0, 0.05) is 11.4 Å². The third-order valence-corrected chi connectivity index (χ3v) is 4.51. The maximum absolute atomic E-state index is 12.6. The predicted octanol–water partition coefficient (Wildman–Crippen LogP) is 4.39. The molecule has 0 bridgehead atoms. The second kappa shape index (κ2) is 6.44. The minimum atomic E-state index is -0.157. The molecule has 2 aromatic carbocycles. The molecule has 0 N–H and O–H groups in total. The largest absolute Gasteiger partial charge is 0.302 e. The van der Waals surface area contributed by atoms with Crippen molar-refractivity contribution >= 4 is 0 Å². The third-order valence-electron chi connectivity index (χ3n) is 4.51. The molecule has 0 aliphatic heterocycles. The van der Waals surface area contributed by atoms with Crippen LogP contribution in [0, 0.1) is 20.8 Å². The predicted molar refractivity (Wildman–Crippen MR) is 98.9 cm³/mol. The van der Waals surface area contributed by atoms with Gasteiger partial charge in [0.05, 0.1) is 5.56 Å². The Kier molecular flexibility index (Phi) is 4.34. The van der Waals surface area contributed by atoms with Crippen LogP contribution in [0.2, 0.25) is 0 Å². The van der Waals surface area contributed by atoms with Gasteiger partial charge in [0.1, 0.15) is 5.82 Å². The zero-order valence-corrected chi connectivity index (χ0v) is 14.6. The van der Waals surface area contributed by atoms with Crippen LogP contribution in [0.5, 0.6) is 0 Å². The first-order chi connectivity index (χ1) is 11.5. The average Bonchev–Trinajstić information content (AvgIpc) is 2.57. The Morgan fingerprint density at radius 3 is 2.29 bits per heavy atom. The Morgan fingerprint density at radius 1 is 0.958 bits per heavy atom. The monoisotopic (exact) mass is 318 g/mol. The summed E-state index contributed by atoms with van der Waals surface area (Å²) in [6.45, 7) is 8.18. The summed E-state index contributed by atoms with van der Waals surface area (Å²) >= 11 is 0. The van der Waals surface area contributed by atoms with Crippen LogP contribution in [-0.2, 0) is 6.42 Å². The fourth-order valence-electron chi connectivity index (χ4n) is 3.12. The van der Waals surface area contributed by atoms with E-state index in [1.54, 1.807) is 0 Å². The highest BCUT2D eigenvalue weighted by Gasteiger charge is 2.16. The van der Waals surface area contributed by atoms with E-state index in [1.807, 2.05) is 37.3 Å². The molecule has 0 amide bonds. The van der Waals surface area contributed by atoms with Crippen molar-refractivity contribution in [2.45, 2.75) is 34.1 Å². The van der Waals surface area contributed by atoms with Gasteiger partial charge in [-0.2, -0.15) is 4.98 Å². The Morgan fingerprint density at radius 2 is 1.67 bits per heavy atom. The van der Waals surface area contributed by atoms with Gasteiger partial charge in [-0.15, -0.1) is 0 Å². The Labute approximate surface area is 142 Å². The summed E-state index contributed by atoms with van der Waals surface area (Å²) in [6.07, 6.45) is 0.760. The minimum absolute atomic E-state index is 0.157. The van der Waals surface area contributed by atoms with E-state index in [0.717, 1.165) is 29.2 Å². The van der Waals surface area contributed by atoms with E-state index in [2.05, 4.69) is 48.5 Å². The lowest BCUT2D eigenvalue weighted by molar-refractivity contribution is 0.819. The molecule has 1 aromatic heterocycles. The van der Waals surface area contributed by atoms with Crippen molar-refractivity contribution in [1.29, 1.82) is 0 Å². The molecule has 0 unspecified atom stereocenters. The molecule has 122 valence electrons. The molecule has 0 aliphatic rings. The first kappa shape index (κ1) is 16.2. The lowest BCUT2D eigenvalue weighted by atomic mass is 10.0. The number of benzene rings is 2. The van der Waals surface area contributed by atoms with Crippen LogP contribution in [0.3, 0.4) is 0 Å². The standard InChI is InChI=1S/C21H22N2O/c1-5-19-20(17-9-7-6-8-10-17)21(24)22-16(4)23(19)18-12-11-14(2)15(3)13-18/h6-13H,5H2,1-4H3. The molecule has 3 rings (SSSR count). The van der Waals surface area contributed by atoms with Crippen LogP contribution in [0.15, 0.2) is 53.3 Å². The van der Waals surface area contributed by atoms with Gasteiger partial charge in [-0.05, 0) is 56.0 Å². The number of nitrogens with zero attached hydrogens (tertiary/aromatic N) is 2. The quantitative estimate of drug-likeness (QED) is 0.718. The van der Waals surface area contributed by atoms with Gasteiger partial charge in [-0.1, -0.05) is 43.3 Å². The van der Waals surface area contributed by atoms with Gasteiger partial charge >= 0.3 is 0 Å². The van der Waals surface area contributed by atoms with Crippen LogP contribution < -0.4 is 5.56 Å². The summed E-state index contributed by atoms with van der Waals surface area (Å²) < 4.78 is 2.11. The van der Waals surface area contributed by atoms with Crippen LogP contribution in [0.1, 0.15) is 29.6 Å². The Bertz CT molecular complexity index is 940. The number of aryl methyl sites for hydroxylation is 3. The van der Waals surface area contributed by atoms with Crippen molar-refractivity contribution in [3.05, 3.63) is 81.5 Å². The molecule has 0 saturated heterocycles. The van der Waals surface area contributed by atoms with Crippen molar-refractivity contribution in [3.8, 4) is 16.8 Å².